The Morgan fingerprint density at radius 1 is 1.14 bits per heavy atom. The molecule has 4 rings (SSSR count). The minimum absolute atomic E-state index is 0.00996. The molecule has 0 spiro atoms. The van der Waals surface area contributed by atoms with E-state index >= 15 is 0 Å². The highest BCUT2D eigenvalue weighted by Gasteiger charge is 2.39. The van der Waals surface area contributed by atoms with E-state index in [0.717, 1.165) is 12.1 Å². The van der Waals surface area contributed by atoms with E-state index in [0.29, 0.717) is 24.7 Å². The summed E-state index contributed by atoms with van der Waals surface area (Å²) in [6, 6.07) is 2.60. The number of anilines is 1. The lowest BCUT2D eigenvalue weighted by Gasteiger charge is -2.41. The molecule has 150 valence electrons. The van der Waals surface area contributed by atoms with Gasteiger partial charge in [-0.1, -0.05) is 0 Å². The topological polar surface area (TPSA) is 96.7 Å². The van der Waals surface area contributed by atoms with Gasteiger partial charge in [-0.05, 0) is 38.0 Å². The number of ether oxygens (including phenoxy) is 2. The van der Waals surface area contributed by atoms with Gasteiger partial charge in [0, 0.05) is 11.6 Å². The molecule has 0 radical (unpaired) electrons. The predicted octanol–water partition coefficient (Wildman–Crippen LogP) is 2.96. The second-order valence-electron chi connectivity index (χ2n) is 7.23. The fourth-order valence-electron chi connectivity index (χ4n) is 3.44. The second kappa shape index (κ2) is 6.40. The van der Waals surface area contributed by atoms with E-state index in [1.54, 1.807) is 6.92 Å². The first kappa shape index (κ1) is 18.6. The van der Waals surface area contributed by atoms with Gasteiger partial charge in [-0.15, -0.1) is 10.2 Å². The third-order valence-corrected chi connectivity index (χ3v) is 4.76. The minimum Gasteiger partial charge on any atom is -0.507 e. The summed E-state index contributed by atoms with van der Waals surface area (Å²) in [4.78, 5) is 0. The molecule has 1 aromatic carbocycles. The molecule has 1 aromatic heterocycles. The first-order valence-electron chi connectivity index (χ1n) is 8.70. The number of fused-ring (bicyclic) bond motifs is 1. The van der Waals surface area contributed by atoms with Crippen LogP contribution < -0.4 is 14.8 Å². The quantitative estimate of drug-likeness (QED) is 0.733. The van der Waals surface area contributed by atoms with Gasteiger partial charge < -0.3 is 25.0 Å². The van der Waals surface area contributed by atoms with Gasteiger partial charge in [0.15, 0.2) is 11.6 Å². The van der Waals surface area contributed by atoms with Crippen molar-refractivity contribution in [2.45, 2.75) is 37.6 Å². The van der Waals surface area contributed by atoms with Crippen LogP contribution in [0.1, 0.15) is 25.3 Å². The highest BCUT2D eigenvalue weighted by atomic mass is 19.4. The molecule has 0 atom stereocenters. The number of aromatic hydroxyl groups is 1. The van der Waals surface area contributed by atoms with Crippen LogP contribution in [0, 0.1) is 0 Å². The van der Waals surface area contributed by atoms with Gasteiger partial charge in [0.25, 0.3) is 0 Å². The predicted molar refractivity (Wildman–Crippen MR) is 92.4 cm³/mol. The largest absolute Gasteiger partial charge is 0.507 e. The van der Waals surface area contributed by atoms with Gasteiger partial charge in [-0.25, -0.2) is 0 Å². The standard InChI is InChI=1S/C18H18F3N3O4/c1-17(26)7-10(8-17)22-16-15-14(27-4-5-28-15)13(23-24-16)11-3-2-9(6-12(11)25)18(19,20)21/h2-3,6,10,25-26H,4-5,7-8H2,1H3,(H,22,24). The van der Waals surface area contributed by atoms with Crippen molar-refractivity contribution < 1.29 is 32.9 Å². The van der Waals surface area contributed by atoms with Crippen LogP contribution in [0.25, 0.3) is 11.3 Å². The van der Waals surface area contributed by atoms with Gasteiger partial charge in [0.05, 0.1) is 11.2 Å². The first-order valence-corrected chi connectivity index (χ1v) is 8.70. The molecule has 28 heavy (non-hydrogen) atoms. The Morgan fingerprint density at radius 3 is 2.43 bits per heavy atom. The van der Waals surface area contributed by atoms with Gasteiger partial charge in [-0.3, -0.25) is 0 Å². The van der Waals surface area contributed by atoms with Gasteiger partial charge >= 0.3 is 6.18 Å². The summed E-state index contributed by atoms with van der Waals surface area (Å²) in [7, 11) is 0. The molecule has 1 fully saturated rings. The van der Waals surface area contributed by atoms with Gasteiger partial charge in [-0.2, -0.15) is 13.2 Å². The summed E-state index contributed by atoms with van der Waals surface area (Å²) in [6.07, 6.45) is -3.50. The Morgan fingerprint density at radius 2 is 1.82 bits per heavy atom. The lowest BCUT2D eigenvalue weighted by molar-refractivity contribution is -0.137. The maximum atomic E-state index is 12.8. The summed E-state index contributed by atoms with van der Waals surface area (Å²) >= 11 is 0. The average molecular weight is 397 g/mol. The Hall–Kier alpha value is -2.75. The van der Waals surface area contributed by atoms with Crippen molar-refractivity contribution in [1.29, 1.82) is 0 Å². The van der Waals surface area contributed by atoms with Crippen LogP contribution in [-0.4, -0.2) is 45.3 Å². The van der Waals surface area contributed by atoms with E-state index in [9.17, 15) is 23.4 Å². The molecule has 0 unspecified atom stereocenters. The van der Waals surface area contributed by atoms with E-state index < -0.39 is 23.1 Å². The monoisotopic (exact) mass is 397 g/mol. The summed E-state index contributed by atoms with van der Waals surface area (Å²) in [5.41, 5.74) is -1.55. The number of benzene rings is 1. The number of hydrogen-bond donors (Lipinski definition) is 3. The number of rotatable bonds is 3. The zero-order valence-corrected chi connectivity index (χ0v) is 14.9. The van der Waals surface area contributed by atoms with Crippen molar-refractivity contribution in [2.24, 2.45) is 0 Å². The van der Waals surface area contributed by atoms with Crippen LogP contribution in [-0.2, 0) is 6.18 Å². The average Bonchev–Trinajstić information content (AvgIpc) is 2.60. The number of alkyl halides is 3. The molecule has 1 saturated carbocycles. The van der Waals surface area contributed by atoms with Crippen LogP contribution in [0.4, 0.5) is 19.0 Å². The van der Waals surface area contributed by atoms with E-state index in [-0.39, 0.29) is 42.0 Å². The number of aliphatic hydroxyl groups is 1. The zero-order valence-electron chi connectivity index (χ0n) is 14.9. The number of nitrogens with one attached hydrogen (secondary N) is 1. The zero-order chi connectivity index (χ0) is 20.1. The summed E-state index contributed by atoms with van der Waals surface area (Å²) < 4.78 is 49.8. The van der Waals surface area contributed by atoms with E-state index in [4.69, 9.17) is 9.47 Å². The summed E-state index contributed by atoms with van der Waals surface area (Å²) in [5.74, 6) is 0.216. The molecule has 0 saturated heterocycles. The summed E-state index contributed by atoms with van der Waals surface area (Å²) in [5, 5.41) is 31.2. The molecule has 2 aliphatic rings. The van der Waals surface area contributed by atoms with Crippen molar-refractivity contribution >= 4 is 5.82 Å². The molecule has 0 bridgehead atoms. The van der Waals surface area contributed by atoms with Crippen LogP contribution in [0.15, 0.2) is 18.2 Å². The molecule has 2 aromatic rings. The van der Waals surface area contributed by atoms with E-state index in [1.165, 1.54) is 0 Å². The first-order chi connectivity index (χ1) is 13.1. The fraction of sp³-hybridized carbons (Fsp3) is 0.444. The van der Waals surface area contributed by atoms with Gasteiger partial charge in [0.1, 0.15) is 24.7 Å². The lowest BCUT2D eigenvalue weighted by atomic mass is 9.77. The maximum absolute atomic E-state index is 12.8. The molecule has 10 heteroatoms. The van der Waals surface area contributed by atoms with E-state index in [1.807, 2.05) is 0 Å². The number of phenolic OH excluding ortho intramolecular Hbond substituents is 1. The SMILES string of the molecule is CC1(O)CC(Nc2nnc(-c3ccc(C(F)(F)F)cc3O)c3c2OCCO3)C1. The Bertz CT molecular complexity index is 910. The molecule has 0 amide bonds. The van der Waals surface area contributed by atoms with Crippen LogP contribution in [0.2, 0.25) is 0 Å². The number of hydrogen-bond acceptors (Lipinski definition) is 7. The molecular weight excluding hydrogens is 379 g/mol. The van der Waals surface area contributed by atoms with Crippen LogP contribution >= 0.6 is 0 Å². The molecule has 7 nitrogen and oxygen atoms in total. The van der Waals surface area contributed by atoms with Gasteiger partial charge in [0.2, 0.25) is 5.75 Å². The van der Waals surface area contributed by atoms with Crippen molar-refractivity contribution in [3.8, 4) is 28.5 Å². The Labute approximate surface area is 158 Å². The minimum atomic E-state index is -4.57. The molecule has 1 aliphatic heterocycles. The fourth-order valence-corrected chi connectivity index (χ4v) is 3.44. The highest BCUT2D eigenvalue weighted by molar-refractivity contribution is 5.78. The molecule has 1 aliphatic carbocycles. The highest BCUT2D eigenvalue weighted by Crippen LogP contribution is 2.46. The summed E-state index contributed by atoms with van der Waals surface area (Å²) in [6.45, 7) is 2.24. The Balaban J connectivity index is 1.69. The smallest absolute Gasteiger partial charge is 0.416 e. The molecule has 2 heterocycles. The van der Waals surface area contributed by atoms with Crippen molar-refractivity contribution in [1.82, 2.24) is 10.2 Å². The van der Waals surface area contributed by atoms with Crippen molar-refractivity contribution in [3.05, 3.63) is 23.8 Å². The second-order valence-corrected chi connectivity index (χ2v) is 7.23. The maximum Gasteiger partial charge on any atom is 0.416 e. The number of halogens is 3. The van der Waals surface area contributed by atoms with Crippen molar-refractivity contribution in [2.75, 3.05) is 18.5 Å². The van der Waals surface area contributed by atoms with Crippen LogP contribution in [0.3, 0.4) is 0 Å². The van der Waals surface area contributed by atoms with Crippen LogP contribution in [0.5, 0.6) is 17.2 Å². The lowest BCUT2D eigenvalue weighted by Crippen LogP contribution is -2.48. The molecule has 3 N–H and O–H groups in total. The van der Waals surface area contributed by atoms with Crippen molar-refractivity contribution in [3.63, 3.8) is 0 Å². The third kappa shape index (κ3) is 3.39. The number of aromatic nitrogens is 2. The normalized spacial score (nSPS) is 23.8. The third-order valence-electron chi connectivity index (χ3n) is 4.76. The Kier molecular flexibility index (Phi) is 4.25. The molecular formula is C18H18F3N3O4. The number of phenols is 1. The van der Waals surface area contributed by atoms with E-state index in [2.05, 4.69) is 15.5 Å². The number of nitrogens with zero attached hydrogens (tertiary/aromatic N) is 2.